The molecular formula is C12H25NOS. The molecule has 1 N–H and O–H groups in total. The Balaban J connectivity index is 2.30. The van der Waals surface area contributed by atoms with Crippen LogP contribution in [0.25, 0.3) is 0 Å². The highest BCUT2D eigenvalue weighted by Gasteiger charge is 2.32. The summed E-state index contributed by atoms with van der Waals surface area (Å²) in [6.45, 7) is 8.92. The molecule has 1 aliphatic heterocycles. The summed E-state index contributed by atoms with van der Waals surface area (Å²) < 4.78 is 5.15. The van der Waals surface area contributed by atoms with Gasteiger partial charge in [0.25, 0.3) is 0 Å². The van der Waals surface area contributed by atoms with Crippen molar-refractivity contribution in [3.63, 3.8) is 0 Å². The van der Waals surface area contributed by atoms with E-state index in [0.717, 1.165) is 13.2 Å². The average molecular weight is 231 g/mol. The van der Waals surface area contributed by atoms with Gasteiger partial charge in [-0.1, -0.05) is 20.8 Å². The van der Waals surface area contributed by atoms with Gasteiger partial charge < -0.3 is 10.1 Å². The zero-order chi connectivity index (χ0) is 11.3. The summed E-state index contributed by atoms with van der Waals surface area (Å²) in [7, 11) is 1.77. The molecule has 1 aliphatic rings. The molecule has 0 amide bonds. The van der Waals surface area contributed by atoms with Crippen LogP contribution in [0.15, 0.2) is 0 Å². The van der Waals surface area contributed by atoms with Crippen molar-refractivity contribution < 1.29 is 4.74 Å². The second-order valence-corrected chi connectivity index (χ2v) is 6.48. The summed E-state index contributed by atoms with van der Waals surface area (Å²) in [5, 5.41) is 3.70. The van der Waals surface area contributed by atoms with Crippen LogP contribution in [0.4, 0.5) is 0 Å². The SMILES string of the molecule is COCC(C)CNC1CSCCC1(C)C. The normalized spacial score (nSPS) is 27.6. The fourth-order valence-corrected chi connectivity index (χ4v) is 3.60. The Bertz CT molecular complexity index is 184. The molecule has 0 radical (unpaired) electrons. The molecule has 1 heterocycles. The van der Waals surface area contributed by atoms with Crippen molar-refractivity contribution in [2.45, 2.75) is 33.2 Å². The number of methoxy groups -OCH3 is 1. The molecule has 1 rings (SSSR count). The topological polar surface area (TPSA) is 21.3 Å². The van der Waals surface area contributed by atoms with E-state index in [9.17, 15) is 0 Å². The largest absolute Gasteiger partial charge is 0.384 e. The van der Waals surface area contributed by atoms with Gasteiger partial charge in [0.2, 0.25) is 0 Å². The monoisotopic (exact) mass is 231 g/mol. The standard InChI is InChI=1S/C12H25NOS/c1-10(8-14-4)7-13-11-9-15-6-5-12(11,2)3/h10-11,13H,5-9H2,1-4H3. The van der Waals surface area contributed by atoms with E-state index >= 15 is 0 Å². The zero-order valence-corrected chi connectivity index (χ0v) is 11.3. The molecule has 2 nitrogen and oxygen atoms in total. The molecule has 0 spiro atoms. The van der Waals surface area contributed by atoms with E-state index in [0.29, 0.717) is 17.4 Å². The van der Waals surface area contributed by atoms with Crippen LogP contribution < -0.4 is 5.32 Å². The third kappa shape index (κ3) is 4.33. The molecule has 0 aromatic rings. The molecule has 2 atom stereocenters. The summed E-state index contributed by atoms with van der Waals surface area (Å²) in [6, 6.07) is 0.663. The van der Waals surface area contributed by atoms with E-state index in [1.807, 2.05) is 0 Å². The summed E-state index contributed by atoms with van der Waals surface area (Å²) >= 11 is 2.08. The van der Waals surface area contributed by atoms with Crippen molar-refractivity contribution in [1.82, 2.24) is 5.32 Å². The molecule has 2 unspecified atom stereocenters. The Labute approximate surface area is 98.5 Å². The third-order valence-electron chi connectivity index (χ3n) is 3.28. The first-order valence-electron chi connectivity index (χ1n) is 5.86. The maximum Gasteiger partial charge on any atom is 0.0499 e. The quantitative estimate of drug-likeness (QED) is 0.785. The maximum atomic E-state index is 5.15. The Morgan fingerprint density at radius 1 is 1.53 bits per heavy atom. The first kappa shape index (κ1) is 13.3. The van der Waals surface area contributed by atoms with Crippen LogP contribution in [0.5, 0.6) is 0 Å². The van der Waals surface area contributed by atoms with Crippen LogP contribution in [-0.4, -0.2) is 37.8 Å². The van der Waals surface area contributed by atoms with Crippen LogP contribution >= 0.6 is 11.8 Å². The number of rotatable bonds is 5. The highest BCUT2D eigenvalue weighted by Crippen LogP contribution is 2.34. The van der Waals surface area contributed by atoms with Gasteiger partial charge in [0.1, 0.15) is 0 Å². The van der Waals surface area contributed by atoms with Crippen molar-refractivity contribution in [2.24, 2.45) is 11.3 Å². The molecule has 1 fully saturated rings. The molecule has 0 aromatic heterocycles. The summed E-state index contributed by atoms with van der Waals surface area (Å²) in [6.07, 6.45) is 1.33. The maximum absolute atomic E-state index is 5.15. The first-order valence-corrected chi connectivity index (χ1v) is 7.02. The minimum absolute atomic E-state index is 0.456. The van der Waals surface area contributed by atoms with Gasteiger partial charge in [0.05, 0.1) is 0 Å². The van der Waals surface area contributed by atoms with Gasteiger partial charge in [-0.2, -0.15) is 11.8 Å². The number of hydrogen-bond donors (Lipinski definition) is 1. The molecule has 0 saturated carbocycles. The van der Waals surface area contributed by atoms with Crippen molar-refractivity contribution in [2.75, 3.05) is 31.8 Å². The predicted octanol–water partition coefficient (Wildman–Crippen LogP) is 2.39. The highest BCUT2D eigenvalue weighted by atomic mass is 32.2. The van der Waals surface area contributed by atoms with Gasteiger partial charge in [-0.3, -0.25) is 0 Å². The lowest BCUT2D eigenvalue weighted by Crippen LogP contribution is -2.48. The molecular weight excluding hydrogens is 206 g/mol. The third-order valence-corrected chi connectivity index (χ3v) is 4.34. The van der Waals surface area contributed by atoms with Crippen molar-refractivity contribution in [3.8, 4) is 0 Å². The van der Waals surface area contributed by atoms with E-state index in [4.69, 9.17) is 4.74 Å². The van der Waals surface area contributed by atoms with E-state index in [2.05, 4.69) is 37.8 Å². The zero-order valence-electron chi connectivity index (χ0n) is 10.5. The summed E-state index contributed by atoms with van der Waals surface area (Å²) in [4.78, 5) is 0. The second-order valence-electron chi connectivity index (χ2n) is 5.33. The number of hydrogen-bond acceptors (Lipinski definition) is 3. The van der Waals surface area contributed by atoms with Gasteiger partial charge in [-0.25, -0.2) is 0 Å². The lowest BCUT2D eigenvalue weighted by Gasteiger charge is -2.39. The van der Waals surface area contributed by atoms with Crippen LogP contribution in [0.2, 0.25) is 0 Å². The van der Waals surface area contributed by atoms with Crippen LogP contribution in [0.3, 0.4) is 0 Å². The van der Waals surface area contributed by atoms with Gasteiger partial charge in [0.15, 0.2) is 0 Å². The van der Waals surface area contributed by atoms with Gasteiger partial charge >= 0.3 is 0 Å². The molecule has 15 heavy (non-hydrogen) atoms. The van der Waals surface area contributed by atoms with Crippen molar-refractivity contribution >= 4 is 11.8 Å². The van der Waals surface area contributed by atoms with Crippen molar-refractivity contribution in [3.05, 3.63) is 0 Å². The van der Waals surface area contributed by atoms with Crippen LogP contribution in [0, 0.1) is 11.3 Å². The molecule has 0 bridgehead atoms. The predicted molar refractivity (Wildman–Crippen MR) is 68.6 cm³/mol. The average Bonchev–Trinajstić information content (AvgIpc) is 2.16. The van der Waals surface area contributed by atoms with Crippen molar-refractivity contribution in [1.29, 1.82) is 0 Å². The molecule has 90 valence electrons. The van der Waals surface area contributed by atoms with Gasteiger partial charge in [0, 0.05) is 32.1 Å². The summed E-state index contributed by atoms with van der Waals surface area (Å²) in [5.41, 5.74) is 0.456. The lowest BCUT2D eigenvalue weighted by atomic mass is 9.82. The number of nitrogens with one attached hydrogen (secondary N) is 1. The Kier molecular flexibility index (Phi) is 5.44. The van der Waals surface area contributed by atoms with Crippen LogP contribution in [0.1, 0.15) is 27.2 Å². The molecule has 0 aliphatic carbocycles. The van der Waals surface area contributed by atoms with E-state index in [1.54, 1.807) is 7.11 Å². The smallest absolute Gasteiger partial charge is 0.0499 e. The molecule has 0 aromatic carbocycles. The van der Waals surface area contributed by atoms with E-state index in [-0.39, 0.29) is 0 Å². The van der Waals surface area contributed by atoms with Gasteiger partial charge in [-0.15, -0.1) is 0 Å². The van der Waals surface area contributed by atoms with E-state index in [1.165, 1.54) is 17.9 Å². The Morgan fingerprint density at radius 2 is 2.27 bits per heavy atom. The fraction of sp³-hybridized carbons (Fsp3) is 1.00. The van der Waals surface area contributed by atoms with E-state index < -0.39 is 0 Å². The molecule has 1 saturated heterocycles. The Hall–Kier alpha value is 0.270. The Morgan fingerprint density at radius 3 is 2.87 bits per heavy atom. The number of thioether (sulfide) groups is 1. The lowest BCUT2D eigenvalue weighted by molar-refractivity contribution is 0.150. The van der Waals surface area contributed by atoms with Gasteiger partial charge in [-0.05, 0) is 23.5 Å². The minimum atomic E-state index is 0.456. The summed E-state index contributed by atoms with van der Waals surface area (Å²) in [5.74, 6) is 3.18. The number of ether oxygens (including phenoxy) is 1. The minimum Gasteiger partial charge on any atom is -0.384 e. The second kappa shape index (κ2) is 6.12. The van der Waals surface area contributed by atoms with Crippen LogP contribution in [-0.2, 0) is 4.74 Å². The molecule has 3 heteroatoms. The fourth-order valence-electron chi connectivity index (χ4n) is 1.96. The highest BCUT2D eigenvalue weighted by molar-refractivity contribution is 7.99. The first-order chi connectivity index (χ1) is 7.06.